The Morgan fingerprint density at radius 1 is 1.09 bits per heavy atom. The molecule has 0 amide bonds. The highest BCUT2D eigenvalue weighted by molar-refractivity contribution is 5.87. The van der Waals surface area contributed by atoms with Gasteiger partial charge in [0, 0.05) is 24.2 Å². The van der Waals surface area contributed by atoms with Gasteiger partial charge in [-0.1, -0.05) is 13.2 Å². The van der Waals surface area contributed by atoms with Gasteiger partial charge in [0.15, 0.2) is 5.60 Å². The third-order valence-corrected chi connectivity index (χ3v) is 7.26. The molecule has 3 aliphatic rings. The van der Waals surface area contributed by atoms with Crippen molar-refractivity contribution < 1.29 is 28.2 Å². The van der Waals surface area contributed by atoms with E-state index in [-0.39, 0.29) is 18.0 Å². The normalized spacial score (nSPS) is 29.4. The van der Waals surface area contributed by atoms with Crippen LogP contribution in [0.25, 0.3) is 0 Å². The van der Waals surface area contributed by atoms with Crippen molar-refractivity contribution in [3.8, 4) is 0 Å². The number of furan rings is 1. The van der Waals surface area contributed by atoms with Crippen LogP contribution in [0.3, 0.4) is 0 Å². The second-order valence-corrected chi connectivity index (χ2v) is 9.56. The molecule has 3 unspecified atom stereocenters. The van der Waals surface area contributed by atoms with Crippen molar-refractivity contribution in [3.05, 3.63) is 48.5 Å². The summed E-state index contributed by atoms with van der Waals surface area (Å²) in [4.78, 5) is 24.5. The molecule has 1 aromatic heterocycles. The van der Waals surface area contributed by atoms with E-state index in [4.69, 9.17) is 18.6 Å². The molecule has 2 aliphatic carbocycles. The zero-order valence-electron chi connectivity index (χ0n) is 19.0. The molecule has 0 aromatic carbocycles. The lowest BCUT2D eigenvalue weighted by atomic mass is 9.73. The molecule has 6 heteroatoms. The molecule has 0 radical (unpaired) electrons. The second-order valence-electron chi connectivity index (χ2n) is 9.56. The van der Waals surface area contributed by atoms with Gasteiger partial charge in [0.25, 0.3) is 0 Å². The first-order valence-electron chi connectivity index (χ1n) is 11.8. The van der Waals surface area contributed by atoms with Gasteiger partial charge in [0.2, 0.25) is 0 Å². The van der Waals surface area contributed by atoms with Crippen LogP contribution in [0.2, 0.25) is 0 Å². The lowest BCUT2D eigenvalue weighted by molar-refractivity contribution is -0.177. The van der Waals surface area contributed by atoms with E-state index in [0.717, 1.165) is 63.5 Å². The Balaban J connectivity index is 1.57. The molecular formula is C26H34O6. The number of hydrogen-bond acceptors (Lipinski definition) is 6. The molecule has 0 spiro atoms. The lowest BCUT2D eigenvalue weighted by Gasteiger charge is -2.43. The molecule has 3 atom stereocenters. The van der Waals surface area contributed by atoms with Gasteiger partial charge in [0.1, 0.15) is 17.1 Å². The fourth-order valence-electron chi connectivity index (χ4n) is 5.62. The summed E-state index contributed by atoms with van der Waals surface area (Å²) in [6, 6.07) is 3.94. The molecule has 2 heterocycles. The van der Waals surface area contributed by atoms with Gasteiger partial charge in [-0.2, -0.15) is 0 Å². The summed E-state index contributed by atoms with van der Waals surface area (Å²) in [6.07, 6.45) is 9.78. The summed E-state index contributed by atoms with van der Waals surface area (Å²) in [5.74, 6) is 0.883. The summed E-state index contributed by atoms with van der Waals surface area (Å²) in [7, 11) is 0. The predicted octanol–water partition coefficient (Wildman–Crippen LogP) is 5.47. The first kappa shape index (κ1) is 22.8. The number of hydrogen-bond donors (Lipinski definition) is 0. The van der Waals surface area contributed by atoms with E-state index in [9.17, 15) is 9.59 Å². The number of carbonyl (C=O) groups excluding carboxylic acids is 2. The topological polar surface area (TPSA) is 75.0 Å². The zero-order valence-corrected chi connectivity index (χ0v) is 19.0. The third-order valence-electron chi connectivity index (χ3n) is 7.26. The second kappa shape index (κ2) is 9.26. The van der Waals surface area contributed by atoms with E-state index < -0.39 is 17.2 Å². The summed E-state index contributed by atoms with van der Waals surface area (Å²) in [6.45, 7) is 9.65. The van der Waals surface area contributed by atoms with Crippen LogP contribution in [0, 0.1) is 0 Å². The van der Waals surface area contributed by atoms with Crippen molar-refractivity contribution in [2.75, 3.05) is 6.61 Å². The van der Waals surface area contributed by atoms with E-state index in [2.05, 4.69) is 13.2 Å². The summed E-state index contributed by atoms with van der Waals surface area (Å²) >= 11 is 0. The highest BCUT2D eigenvalue weighted by Gasteiger charge is 2.49. The van der Waals surface area contributed by atoms with Crippen molar-refractivity contribution >= 4 is 11.9 Å². The van der Waals surface area contributed by atoms with Crippen molar-refractivity contribution in [1.82, 2.24) is 0 Å². The Morgan fingerprint density at radius 2 is 1.88 bits per heavy atom. The smallest absolute Gasteiger partial charge is 0.334 e. The zero-order chi connectivity index (χ0) is 22.8. The Hall–Kier alpha value is -2.34. The van der Waals surface area contributed by atoms with Crippen LogP contribution in [-0.4, -0.2) is 30.3 Å². The van der Waals surface area contributed by atoms with Crippen LogP contribution in [-0.2, 0) is 29.4 Å². The molecule has 174 valence electrons. The van der Waals surface area contributed by atoms with Gasteiger partial charge in [0.05, 0.1) is 6.10 Å². The predicted molar refractivity (Wildman–Crippen MR) is 119 cm³/mol. The number of rotatable bonds is 7. The molecule has 0 bridgehead atoms. The molecule has 3 fully saturated rings. The summed E-state index contributed by atoms with van der Waals surface area (Å²) in [5, 5.41) is 0. The molecule has 0 N–H and O–H groups in total. The first-order chi connectivity index (χ1) is 15.4. The van der Waals surface area contributed by atoms with Crippen LogP contribution < -0.4 is 0 Å². The average molecular weight is 443 g/mol. The van der Waals surface area contributed by atoms with Crippen molar-refractivity contribution in [3.63, 3.8) is 0 Å². The fraction of sp³-hybridized carbons (Fsp3) is 0.615. The minimum atomic E-state index is -0.718. The molecular weight excluding hydrogens is 408 g/mol. The largest absolute Gasteiger partial charge is 0.462 e. The Bertz CT molecular complexity index is 871. The van der Waals surface area contributed by atoms with E-state index in [1.165, 1.54) is 6.08 Å². The molecule has 1 aromatic rings. The van der Waals surface area contributed by atoms with Gasteiger partial charge in [-0.25, -0.2) is 9.59 Å². The van der Waals surface area contributed by atoms with E-state index >= 15 is 0 Å². The van der Waals surface area contributed by atoms with Crippen LogP contribution in [0.4, 0.5) is 0 Å². The number of carbonyl (C=O) groups is 2. The van der Waals surface area contributed by atoms with Crippen LogP contribution in [0.1, 0.15) is 88.6 Å². The molecule has 2 saturated carbocycles. The van der Waals surface area contributed by atoms with Gasteiger partial charge in [-0.05, 0) is 83.3 Å². The Labute approximate surface area is 190 Å². The summed E-state index contributed by atoms with van der Waals surface area (Å²) < 4.78 is 24.2. The SMILES string of the molecule is C=CC(=O)OC1(C2CCCO2)CCCC(c2ccc(C3(OC(=O)C(=C)C)CCCC3)o2)C1. The van der Waals surface area contributed by atoms with Crippen molar-refractivity contribution in [2.24, 2.45) is 0 Å². The highest BCUT2D eigenvalue weighted by Crippen LogP contribution is 2.48. The minimum Gasteiger partial charge on any atom is -0.462 e. The maximum atomic E-state index is 12.3. The maximum absolute atomic E-state index is 12.3. The standard InChI is InChI=1S/C26H34O6/c1-4-23(27)31-26(21-10-8-16-29-21)15-7-9-19(17-26)20-11-12-22(30-20)25(13-5-6-14-25)32-24(28)18(2)3/h4,11-12,19,21H,1-2,5-10,13-17H2,3H3. The molecule has 1 aliphatic heterocycles. The molecule has 1 saturated heterocycles. The third kappa shape index (κ3) is 4.42. The maximum Gasteiger partial charge on any atom is 0.334 e. The van der Waals surface area contributed by atoms with Crippen LogP contribution >= 0.6 is 0 Å². The van der Waals surface area contributed by atoms with Crippen LogP contribution in [0.15, 0.2) is 41.4 Å². The minimum absolute atomic E-state index is 0.0960. The van der Waals surface area contributed by atoms with Crippen molar-refractivity contribution in [2.45, 2.75) is 94.4 Å². The van der Waals surface area contributed by atoms with E-state index in [1.807, 2.05) is 12.1 Å². The fourth-order valence-corrected chi connectivity index (χ4v) is 5.62. The monoisotopic (exact) mass is 442 g/mol. The van der Waals surface area contributed by atoms with E-state index in [0.29, 0.717) is 24.4 Å². The van der Waals surface area contributed by atoms with Gasteiger partial charge < -0.3 is 18.6 Å². The van der Waals surface area contributed by atoms with E-state index in [1.54, 1.807) is 6.92 Å². The quantitative estimate of drug-likeness (QED) is 0.412. The molecule has 32 heavy (non-hydrogen) atoms. The van der Waals surface area contributed by atoms with Gasteiger partial charge in [-0.15, -0.1) is 0 Å². The van der Waals surface area contributed by atoms with Gasteiger partial charge >= 0.3 is 11.9 Å². The molecule has 6 nitrogen and oxygen atoms in total. The molecule has 4 rings (SSSR count). The first-order valence-corrected chi connectivity index (χ1v) is 11.8. The highest BCUT2D eigenvalue weighted by atomic mass is 16.6. The Kier molecular flexibility index (Phi) is 6.61. The summed E-state index contributed by atoms with van der Waals surface area (Å²) in [5.41, 5.74) is -0.986. The average Bonchev–Trinajstić information content (AvgIpc) is 3.55. The lowest BCUT2D eigenvalue weighted by Crippen LogP contribution is -2.49. The number of esters is 2. The number of ether oxygens (including phenoxy) is 3. The van der Waals surface area contributed by atoms with Gasteiger partial charge in [-0.3, -0.25) is 0 Å². The Morgan fingerprint density at radius 3 is 2.53 bits per heavy atom. The van der Waals surface area contributed by atoms with Crippen LogP contribution in [0.5, 0.6) is 0 Å². The van der Waals surface area contributed by atoms with Crippen molar-refractivity contribution in [1.29, 1.82) is 0 Å².